The number of hydrogen-bond acceptors (Lipinski definition) is 6. The quantitative estimate of drug-likeness (QED) is 0.272. The van der Waals surface area contributed by atoms with E-state index in [9.17, 15) is 14.7 Å². The first-order valence-electron chi connectivity index (χ1n) is 11.2. The molecule has 186 valence electrons. The van der Waals surface area contributed by atoms with Gasteiger partial charge in [0.05, 0.1) is 12.6 Å². The smallest absolute Gasteiger partial charge is 0.339 e. The van der Waals surface area contributed by atoms with Crippen molar-refractivity contribution in [1.82, 2.24) is 15.2 Å². The van der Waals surface area contributed by atoms with Crippen LogP contribution in [0.4, 0.5) is 16.3 Å². The van der Waals surface area contributed by atoms with Crippen LogP contribution in [0.5, 0.6) is 17.2 Å². The van der Waals surface area contributed by atoms with E-state index < -0.39 is 12.0 Å². The summed E-state index contributed by atoms with van der Waals surface area (Å²) in [6, 6.07) is 11.3. The molecule has 0 bridgehead atoms. The second-order valence-electron chi connectivity index (χ2n) is 9.26. The van der Waals surface area contributed by atoms with Gasteiger partial charge in [-0.3, -0.25) is 15.4 Å². The molecule has 0 aliphatic heterocycles. The first-order valence-corrected chi connectivity index (χ1v) is 11.2. The van der Waals surface area contributed by atoms with Crippen molar-refractivity contribution >= 4 is 34.4 Å². The van der Waals surface area contributed by atoms with E-state index in [0.717, 1.165) is 11.3 Å². The number of carbonyl (C=O) groups is 2. The van der Waals surface area contributed by atoms with Crippen LogP contribution in [0.1, 0.15) is 42.4 Å². The van der Waals surface area contributed by atoms with Gasteiger partial charge in [0.15, 0.2) is 5.82 Å². The van der Waals surface area contributed by atoms with E-state index in [1.807, 2.05) is 27.7 Å². The van der Waals surface area contributed by atoms with Gasteiger partial charge >= 0.3 is 12.0 Å². The zero-order valence-electron chi connectivity index (χ0n) is 20.6. The number of carboxylic acids is 1. The zero-order valence-corrected chi connectivity index (χ0v) is 20.6. The maximum atomic E-state index is 12.5. The molecule has 2 aromatic carbocycles. The van der Waals surface area contributed by atoms with Crippen molar-refractivity contribution < 1.29 is 24.2 Å². The zero-order chi connectivity index (χ0) is 26.0. The molecule has 36 heavy (non-hydrogen) atoms. The van der Waals surface area contributed by atoms with Crippen molar-refractivity contribution in [2.45, 2.75) is 33.1 Å². The molecule has 2 heterocycles. The summed E-state index contributed by atoms with van der Waals surface area (Å²) in [7, 11) is 1.41. The number of ether oxygens (including phenoxy) is 2. The first kappa shape index (κ1) is 24.5. The number of carboxylic acid groups (broad SMARTS) is 1. The summed E-state index contributed by atoms with van der Waals surface area (Å²) in [5.74, 6) is 0.486. The number of urea groups is 1. The predicted octanol–water partition coefficient (Wildman–Crippen LogP) is 5.71. The van der Waals surface area contributed by atoms with Crippen LogP contribution in [0.2, 0.25) is 0 Å². The second-order valence-corrected chi connectivity index (χ2v) is 9.26. The van der Waals surface area contributed by atoms with E-state index >= 15 is 0 Å². The molecule has 0 atom stereocenters. The number of aryl methyl sites for hydroxylation is 1. The number of pyridine rings is 1. The van der Waals surface area contributed by atoms with Crippen LogP contribution >= 0.6 is 0 Å². The molecule has 0 aliphatic carbocycles. The Morgan fingerprint density at radius 2 is 1.81 bits per heavy atom. The fraction of sp³-hybridized carbons (Fsp3) is 0.231. The van der Waals surface area contributed by atoms with Gasteiger partial charge in [0.1, 0.15) is 22.8 Å². The Balaban J connectivity index is 1.51. The lowest BCUT2D eigenvalue weighted by Gasteiger charge is -2.14. The van der Waals surface area contributed by atoms with Gasteiger partial charge in [-0.1, -0.05) is 20.8 Å². The predicted molar refractivity (Wildman–Crippen MR) is 136 cm³/mol. The van der Waals surface area contributed by atoms with Crippen LogP contribution in [0.15, 0.2) is 48.7 Å². The minimum absolute atomic E-state index is 0.0103. The molecule has 2 aromatic heterocycles. The monoisotopic (exact) mass is 489 g/mol. The lowest BCUT2D eigenvalue weighted by atomic mass is 9.92. The highest BCUT2D eigenvalue weighted by molar-refractivity contribution is 6.00. The third-order valence-electron chi connectivity index (χ3n) is 5.55. The van der Waals surface area contributed by atoms with Crippen LogP contribution in [-0.2, 0) is 5.41 Å². The van der Waals surface area contributed by atoms with Crippen molar-refractivity contribution in [1.29, 1.82) is 0 Å². The van der Waals surface area contributed by atoms with Crippen LogP contribution < -0.4 is 20.1 Å². The van der Waals surface area contributed by atoms with Gasteiger partial charge in [0.25, 0.3) is 0 Å². The minimum Gasteiger partial charge on any atom is -0.496 e. The number of nitrogens with zero attached hydrogens (tertiary/aromatic N) is 2. The Kier molecular flexibility index (Phi) is 6.52. The molecule has 4 N–H and O–H groups in total. The molecule has 0 aliphatic rings. The number of anilines is 2. The number of amides is 2. The fourth-order valence-corrected chi connectivity index (χ4v) is 3.58. The summed E-state index contributed by atoms with van der Waals surface area (Å²) < 4.78 is 11.2. The Labute approximate surface area is 207 Å². The average Bonchev–Trinajstić information content (AvgIpc) is 3.29. The molecule has 0 radical (unpaired) electrons. The molecular formula is C26H27N5O5. The number of methoxy groups -OCH3 is 1. The van der Waals surface area contributed by atoms with E-state index in [1.165, 1.54) is 13.2 Å². The van der Waals surface area contributed by atoms with Crippen LogP contribution in [0, 0.1) is 6.92 Å². The van der Waals surface area contributed by atoms with Gasteiger partial charge in [0, 0.05) is 40.5 Å². The Morgan fingerprint density at radius 1 is 1.03 bits per heavy atom. The van der Waals surface area contributed by atoms with E-state index in [0.29, 0.717) is 33.9 Å². The summed E-state index contributed by atoms with van der Waals surface area (Å²) in [5, 5.41) is 22.6. The van der Waals surface area contributed by atoms with Gasteiger partial charge in [-0.15, -0.1) is 0 Å². The van der Waals surface area contributed by atoms with Crippen molar-refractivity contribution in [2.75, 3.05) is 17.7 Å². The SMILES string of the molecule is COc1cc2nccc(Oc3ccc(NC(=O)Nc4cc(C(C)(C)C)[nH]n4)c(C)c3)c2cc1C(=O)O. The summed E-state index contributed by atoms with van der Waals surface area (Å²) in [5.41, 5.74) is 2.71. The number of aromatic carboxylic acids is 1. The molecule has 2 amide bonds. The first-order chi connectivity index (χ1) is 17.0. The minimum atomic E-state index is -1.11. The molecule has 0 saturated heterocycles. The number of aromatic nitrogens is 3. The van der Waals surface area contributed by atoms with Gasteiger partial charge in [-0.2, -0.15) is 5.10 Å². The number of rotatable bonds is 6. The van der Waals surface area contributed by atoms with Crippen molar-refractivity contribution in [2.24, 2.45) is 0 Å². The second kappa shape index (κ2) is 9.57. The number of fused-ring (bicyclic) bond motifs is 1. The van der Waals surface area contributed by atoms with Gasteiger partial charge in [-0.05, 0) is 42.8 Å². The molecule has 10 nitrogen and oxygen atoms in total. The third-order valence-corrected chi connectivity index (χ3v) is 5.55. The molecule has 0 fully saturated rings. The van der Waals surface area contributed by atoms with Crippen LogP contribution in [-0.4, -0.2) is 39.4 Å². The van der Waals surface area contributed by atoms with E-state index in [4.69, 9.17) is 9.47 Å². The van der Waals surface area contributed by atoms with E-state index in [1.54, 1.807) is 42.6 Å². The molecule has 0 saturated carbocycles. The normalized spacial score (nSPS) is 11.2. The maximum absolute atomic E-state index is 12.5. The summed E-state index contributed by atoms with van der Waals surface area (Å²) in [6.45, 7) is 7.99. The van der Waals surface area contributed by atoms with Crippen LogP contribution in [0.3, 0.4) is 0 Å². The molecule has 0 spiro atoms. The number of benzene rings is 2. The highest BCUT2D eigenvalue weighted by atomic mass is 16.5. The Bertz CT molecular complexity index is 1460. The Hall–Kier alpha value is -4.60. The van der Waals surface area contributed by atoms with Crippen molar-refractivity contribution in [3.63, 3.8) is 0 Å². The summed E-state index contributed by atoms with van der Waals surface area (Å²) >= 11 is 0. The Morgan fingerprint density at radius 3 is 2.44 bits per heavy atom. The van der Waals surface area contributed by atoms with E-state index in [2.05, 4.69) is 25.8 Å². The highest BCUT2D eigenvalue weighted by Crippen LogP contribution is 2.34. The highest BCUT2D eigenvalue weighted by Gasteiger charge is 2.18. The number of hydrogen-bond donors (Lipinski definition) is 4. The molecule has 4 rings (SSSR count). The summed E-state index contributed by atoms with van der Waals surface area (Å²) in [6.07, 6.45) is 1.57. The number of aromatic amines is 1. The topological polar surface area (TPSA) is 138 Å². The lowest BCUT2D eigenvalue weighted by molar-refractivity contribution is 0.0693. The molecular weight excluding hydrogens is 462 g/mol. The maximum Gasteiger partial charge on any atom is 0.339 e. The summed E-state index contributed by atoms with van der Waals surface area (Å²) in [4.78, 5) is 28.4. The lowest BCUT2D eigenvalue weighted by Crippen LogP contribution is -2.20. The third kappa shape index (κ3) is 5.22. The van der Waals surface area contributed by atoms with Crippen molar-refractivity contribution in [3.8, 4) is 17.2 Å². The average molecular weight is 490 g/mol. The number of nitrogens with one attached hydrogen (secondary N) is 3. The fourth-order valence-electron chi connectivity index (χ4n) is 3.58. The standard InChI is InChI=1S/C26H27N5O5/c1-14-10-15(6-7-18(14)28-25(34)29-23-13-22(30-31-23)26(2,3)4)36-20-8-9-27-19-12-21(35-5)17(24(32)33)11-16(19)20/h6-13H,1-5H3,(H,32,33)(H3,28,29,30,31,34). The largest absolute Gasteiger partial charge is 0.496 e. The molecule has 0 unspecified atom stereocenters. The number of H-pyrrole nitrogens is 1. The molecule has 10 heteroatoms. The van der Waals surface area contributed by atoms with Gasteiger partial charge in [-0.25, -0.2) is 9.59 Å². The van der Waals surface area contributed by atoms with E-state index in [-0.39, 0.29) is 16.7 Å². The van der Waals surface area contributed by atoms with Crippen molar-refractivity contribution in [3.05, 3.63) is 65.5 Å². The van der Waals surface area contributed by atoms with Gasteiger partial charge in [0.2, 0.25) is 0 Å². The van der Waals surface area contributed by atoms with Gasteiger partial charge < -0.3 is 19.9 Å². The number of carbonyl (C=O) groups excluding carboxylic acids is 1. The molecule has 4 aromatic rings. The van der Waals surface area contributed by atoms with Crippen LogP contribution in [0.25, 0.3) is 10.9 Å².